The number of thioether (sulfide) groups is 1. The molecule has 2 aliphatic rings. The lowest BCUT2D eigenvalue weighted by atomic mass is 9.94. The van der Waals surface area contributed by atoms with Gasteiger partial charge >= 0.3 is 0 Å². The Balaban J connectivity index is 1.42. The number of hydrogen-bond donors (Lipinski definition) is 0. The minimum absolute atomic E-state index is 0.00947. The molecule has 2 fully saturated rings. The number of carbonyl (C=O) groups excluding carboxylic acids is 1. The van der Waals surface area contributed by atoms with Crippen LogP contribution < -0.4 is 4.74 Å². The molecule has 180 valence electrons. The van der Waals surface area contributed by atoms with Crippen LogP contribution in [0.1, 0.15) is 53.8 Å². The van der Waals surface area contributed by atoms with Crippen LogP contribution in [0.25, 0.3) is 6.08 Å². The summed E-state index contributed by atoms with van der Waals surface area (Å²) in [5.74, 6) is 0.763. The molecule has 1 aromatic heterocycles. The number of para-hydroxylation sites is 1. The number of amidine groups is 1. The van der Waals surface area contributed by atoms with Crippen molar-refractivity contribution in [2.75, 3.05) is 0 Å². The van der Waals surface area contributed by atoms with E-state index in [1.54, 1.807) is 0 Å². The van der Waals surface area contributed by atoms with Gasteiger partial charge in [-0.2, -0.15) is 4.99 Å². The summed E-state index contributed by atoms with van der Waals surface area (Å²) < 4.78 is 6.15. The van der Waals surface area contributed by atoms with Crippen LogP contribution in [0.15, 0.2) is 58.4 Å². The molecular weight excluding hydrogens is 476 g/mol. The van der Waals surface area contributed by atoms with Crippen molar-refractivity contribution in [3.63, 3.8) is 0 Å². The first-order valence-corrected chi connectivity index (χ1v) is 13.6. The Morgan fingerprint density at radius 1 is 1.06 bits per heavy atom. The average molecular weight is 505 g/mol. The maximum absolute atomic E-state index is 13.6. The molecule has 0 atom stereocenters. The third-order valence-electron chi connectivity index (χ3n) is 6.20. The lowest BCUT2D eigenvalue weighted by molar-refractivity contribution is -0.124. The van der Waals surface area contributed by atoms with Crippen molar-refractivity contribution in [1.82, 2.24) is 15.1 Å². The lowest BCUT2D eigenvalue weighted by Gasteiger charge is -2.30. The van der Waals surface area contributed by atoms with Crippen LogP contribution >= 0.6 is 23.1 Å². The van der Waals surface area contributed by atoms with Crippen molar-refractivity contribution in [1.29, 1.82) is 0 Å². The van der Waals surface area contributed by atoms with E-state index in [-0.39, 0.29) is 11.9 Å². The van der Waals surface area contributed by atoms with Crippen molar-refractivity contribution in [2.24, 2.45) is 4.99 Å². The molecule has 1 amide bonds. The molecule has 1 aliphatic heterocycles. The Morgan fingerprint density at radius 2 is 1.83 bits per heavy atom. The number of benzene rings is 2. The van der Waals surface area contributed by atoms with Gasteiger partial charge in [0.05, 0.1) is 4.91 Å². The predicted molar refractivity (Wildman–Crippen MR) is 143 cm³/mol. The predicted octanol–water partition coefficient (Wildman–Crippen LogP) is 6.67. The third-order valence-corrected chi connectivity index (χ3v) is 7.92. The summed E-state index contributed by atoms with van der Waals surface area (Å²) in [6.07, 6.45) is 7.44. The summed E-state index contributed by atoms with van der Waals surface area (Å²) in [6, 6.07) is 16.3. The average Bonchev–Trinajstić information content (AvgIpc) is 3.42. The zero-order valence-corrected chi connectivity index (χ0v) is 21.6. The monoisotopic (exact) mass is 504 g/mol. The highest BCUT2D eigenvalue weighted by molar-refractivity contribution is 8.18. The first-order valence-electron chi connectivity index (χ1n) is 12.0. The molecular formula is C27H28N4O2S2. The van der Waals surface area contributed by atoms with Crippen molar-refractivity contribution in [3.8, 4) is 5.75 Å². The number of hydrogen-bond acceptors (Lipinski definition) is 7. The maximum atomic E-state index is 13.6. The summed E-state index contributed by atoms with van der Waals surface area (Å²) in [4.78, 5) is 20.9. The van der Waals surface area contributed by atoms with Gasteiger partial charge < -0.3 is 4.74 Å². The highest BCUT2D eigenvalue weighted by Gasteiger charge is 2.39. The molecule has 6 nitrogen and oxygen atoms in total. The van der Waals surface area contributed by atoms with Gasteiger partial charge in [0.1, 0.15) is 17.4 Å². The Labute approximate surface area is 214 Å². The fourth-order valence-corrected chi connectivity index (χ4v) is 6.00. The topological polar surface area (TPSA) is 67.7 Å². The van der Waals surface area contributed by atoms with E-state index in [0.717, 1.165) is 47.6 Å². The Bertz CT molecular complexity index is 1260. The van der Waals surface area contributed by atoms with Crippen LogP contribution in [-0.2, 0) is 11.4 Å². The van der Waals surface area contributed by atoms with Crippen LogP contribution in [0, 0.1) is 13.8 Å². The van der Waals surface area contributed by atoms with E-state index >= 15 is 0 Å². The van der Waals surface area contributed by atoms with Crippen LogP contribution in [-0.4, -0.2) is 32.2 Å². The first kappa shape index (κ1) is 23.8. The molecule has 1 aliphatic carbocycles. The summed E-state index contributed by atoms with van der Waals surface area (Å²) in [7, 11) is 0. The van der Waals surface area contributed by atoms with Crippen LogP contribution in [0.5, 0.6) is 5.75 Å². The number of carbonyl (C=O) groups is 1. The van der Waals surface area contributed by atoms with Crippen LogP contribution in [0.3, 0.4) is 0 Å². The molecule has 3 aromatic rings. The smallest absolute Gasteiger partial charge is 0.267 e. The van der Waals surface area contributed by atoms with Crippen molar-refractivity contribution < 1.29 is 9.53 Å². The highest BCUT2D eigenvalue weighted by Crippen LogP contribution is 2.39. The van der Waals surface area contributed by atoms with E-state index in [0.29, 0.717) is 21.8 Å². The molecule has 0 bridgehead atoms. The minimum Gasteiger partial charge on any atom is -0.488 e. The van der Waals surface area contributed by atoms with Gasteiger partial charge in [-0.25, -0.2) is 0 Å². The molecule has 2 heterocycles. The fourth-order valence-electron chi connectivity index (χ4n) is 4.36. The van der Waals surface area contributed by atoms with Crippen LogP contribution in [0.2, 0.25) is 0 Å². The second-order valence-corrected chi connectivity index (χ2v) is 11.1. The number of aromatic nitrogens is 2. The molecule has 1 saturated carbocycles. The van der Waals surface area contributed by atoms with Gasteiger partial charge in [0.15, 0.2) is 5.17 Å². The number of amides is 1. The Morgan fingerprint density at radius 3 is 2.57 bits per heavy atom. The molecule has 5 rings (SSSR count). The van der Waals surface area contributed by atoms with E-state index in [1.807, 2.05) is 42.2 Å². The second-order valence-electron chi connectivity index (χ2n) is 8.89. The molecule has 2 aromatic carbocycles. The molecule has 1 saturated heterocycles. The van der Waals surface area contributed by atoms with Crippen molar-refractivity contribution in [3.05, 3.63) is 75.1 Å². The van der Waals surface area contributed by atoms with E-state index < -0.39 is 0 Å². The molecule has 0 spiro atoms. The lowest BCUT2D eigenvalue weighted by Crippen LogP contribution is -2.40. The summed E-state index contributed by atoms with van der Waals surface area (Å²) in [5, 5.41) is 10.4. The van der Waals surface area contributed by atoms with Gasteiger partial charge in [0.2, 0.25) is 5.13 Å². The third kappa shape index (κ3) is 5.65. The molecule has 0 unspecified atom stereocenters. The van der Waals surface area contributed by atoms with Crippen molar-refractivity contribution in [2.45, 2.75) is 58.6 Å². The molecule has 35 heavy (non-hydrogen) atoms. The van der Waals surface area contributed by atoms with E-state index in [4.69, 9.17) is 9.73 Å². The maximum Gasteiger partial charge on any atom is 0.267 e. The molecule has 0 N–H and O–H groups in total. The second kappa shape index (κ2) is 10.7. The van der Waals surface area contributed by atoms with E-state index in [1.165, 1.54) is 35.1 Å². The van der Waals surface area contributed by atoms with Crippen LogP contribution in [0.4, 0.5) is 5.13 Å². The number of rotatable bonds is 6. The Hall–Kier alpha value is -2.97. The number of aryl methyl sites for hydroxylation is 2. The van der Waals surface area contributed by atoms with E-state index in [2.05, 4.69) is 41.4 Å². The van der Waals surface area contributed by atoms with Gasteiger partial charge in [0.25, 0.3) is 5.91 Å². The SMILES string of the molecule is Cc1ccc(COc2ccccc2/C=C2\S/C(=N/c3nnc(C)s3)N(C3CCCCC3)C2=O)cc1. The first-order chi connectivity index (χ1) is 17.1. The van der Waals surface area contributed by atoms with Gasteiger partial charge in [0, 0.05) is 11.6 Å². The minimum atomic E-state index is 0.00947. The fraction of sp³-hybridized carbons (Fsp3) is 0.333. The van der Waals surface area contributed by atoms with Gasteiger partial charge in [-0.1, -0.05) is 78.6 Å². The Kier molecular flexibility index (Phi) is 7.29. The number of ether oxygens (including phenoxy) is 1. The largest absolute Gasteiger partial charge is 0.488 e. The van der Waals surface area contributed by atoms with Gasteiger partial charge in [-0.3, -0.25) is 9.69 Å². The zero-order valence-electron chi connectivity index (χ0n) is 19.9. The summed E-state index contributed by atoms with van der Waals surface area (Å²) in [6.45, 7) is 4.45. The number of aliphatic imine (C=N–C) groups is 1. The summed E-state index contributed by atoms with van der Waals surface area (Å²) in [5.41, 5.74) is 3.21. The quantitative estimate of drug-likeness (QED) is 0.351. The summed E-state index contributed by atoms with van der Waals surface area (Å²) >= 11 is 2.85. The van der Waals surface area contributed by atoms with Gasteiger partial charge in [-0.15, -0.1) is 10.2 Å². The zero-order chi connectivity index (χ0) is 24.2. The standard InChI is InChI=1S/C27H28N4O2S2/c1-18-12-14-20(15-13-18)17-33-23-11-7-6-8-21(23)16-24-25(32)31(22-9-4-3-5-10-22)27(35-24)28-26-30-29-19(2)34-26/h6-8,11-16,22H,3-5,9-10,17H2,1-2H3/b24-16-,28-27+. The highest BCUT2D eigenvalue weighted by atomic mass is 32.2. The van der Waals surface area contributed by atoms with E-state index in [9.17, 15) is 4.79 Å². The number of nitrogens with zero attached hydrogens (tertiary/aromatic N) is 4. The van der Waals surface area contributed by atoms with Gasteiger partial charge in [-0.05, 0) is 56.2 Å². The molecule has 0 radical (unpaired) electrons. The molecule has 8 heteroatoms. The van der Waals surface area contributed by atoms with Crippen molar-refractivity contribution >= 4 is 45.4 Å². The normalized spacial score (nSPS) is 19.1.